The number of ether oxygens (including phenoxy) is 2. The minimum atomic E-state index is -0.948. The maximum absolute atomic E-state index is 10.5. The van der Waals surface area contributed by atoms with Crippen LogP contribution in [0.4, 0.5) is 5.69 Å². The Bertz CT molecular complexity index is 391. The van der Waals surface area contributed by atoms with Crippen LogP contribution in [0, 0.1) is 10.1 Å². The molecule has 0 aromatic heterocycles. The van der Waals surface area contributed by atoms with E-state index in [0.717, 1.165) is 0 Å². The van der Waals surface area contributed by atoms with Gasteiger partial charge in [0.25, 0.3) is 5.69 Å². The van der Waals surface area contributed by atoms with Crippen LogP contribution in [0.5, 0.6) is 0 Å². The van der Waals surface area contributed by atoms with Gasteiger partial charge in [-0.05, 0) is 12.1 Å². The summed E-state index contributed by atoms with van der Waals surface area (Å²) in [6.45, 7) is 0.952. The lowest BCUT2D eigenvalue weighted by Gasteiger charge is -2.24. The number of non-ortho nitro benzene ring substituents is 1. The molecule has 0 N–H and O–H groups in total. The standard InChI is InChI=1S/C10H10ClNO4.CH3Cl/c11-7-10(15-5-6-16-10)8-1-3-9(4-2-8)12(13)14;1-2/h1-4H,5-7H2;1H3. The molecule has 1 heterocycles. The first-order valence-electron chi connectivity index (χ1n) is 5.14. The van der Waals surface area contributed by atoms with Gasteiger partial charge in [-0.25, -0.2) is 0 Å². The number of nitrogens with zero attached hydrogens (tertiary/aromatic N) is 1. The molecular weight excluding hydrogens is 281 g/mol. The number of rotatable bonds is 3. The zero-order valence-electron chi connectivity index (χ0n) is 9.77. The van der Waals surface area contributed by atoms with Gasteiger partial charge in [-0.1, -0.05) is 0 Å². The molecule has 0 atom stereocenters. The molecule has 1 saturated heterocycles. The number of nitro benzene ring substituents is 1. The van der Waals surface area contributed by atoms with Crippen LogP contribution in [0.2, 0.25) is 0 Å². The Kier molecular flexibility index (Phi) is 5.81. The first-order chi connectivity index (χ1) is 8.68. The van der Waals surface area contributed by atoms with Gasteiger partial charge in [0.1, 0.15) is 0 Å². The van der Waals surface area contributed by atoms with Crippen molar-refractivity contribution in [1.29, 1.82) is 0 Å². The third kappa shape index (κ3) is 3.11. The number of halogens is 2. The quantitative estimate of drug-likeness (QED) is 0.488. The van der Waals surface area contributed by atoms with Crippen molar-refractivity contribution in [2.24, 2.45) is 0 Å². The number of nitro groups is 1. The normalized spacial score (nSPS) is 16.8. The third-order valence-electron chi connectivity index (χ3n) is 2.45. The van der Waals surface area contributed by atoms with Gasteiger partial charge in [-0.15, -0.1) is 23.2 Å². The van der Waals surface area contributed by atoms with E-state index in [-0.39, 0.29) is 11.6 Å². The molecule has 5 nitrogen and oxygen atoms in total. The van der Waals surface area contributed by atoms with Gasteiger partial charge in [0.05, 0.1) is 24.0 Å². The van der Waals surface area contributed by atoms with Crippen molar-refractivity contribution in [1.82, 2.24) is 0 Å². The minimum absolute atomic E-state index is 0.0338. The molecule has 7 heteroatoms. The van der Waals surface area contributed by atoms with Crippen molar-refractivity contribution in [3.05, 3.63) is 39.9 Å². The molecule has 100 valence electrons. The highest BCUT2D eigenvalue weighted by Crippen LogP contribution is 2.33. The van der Waals surface area contributed by atoms with Crippen LogP contribution >= 0.6 is 23.2 Å². The molecule has 0 unspecified atom stereocenters. The minimum Gasteiger partial charge on any atom is -0.342 e. The highest BCUT2D eigenvalue weighted by atomic mass is 35.5. The summed E-state index contributed by atoms with van der Waals surface area (Å²) in [5, 5.41) is 10.5. The van der Waals surface area contributed by atoms with E-state index in [9.17, 15) is 10.1 Å². The van der Waals surface area contributed by atoms with Crippen molar-refractivity contribution in [3.8, 4) is 0 Å². The van der Waals surface area contributed by atoms with Gasteiger partial charge in [0.15, 0.2) is 0 Å². The highest BCUT2D eigenvalue weighted by molar-refractivity contribution is 6.18. The number of hydrogen-bond acceptors (Lipinski definition) is 4. The fraction of sp³-hybridized carbons (Fsp3) is 0.455. The number of hydrogen-bond donors (Lipinski definition) is 0. The lowest BCUT2D eigenvalue weighted by molar-refractivity contribution is -0.384. The summed E-state index contributed by atoms with van der Waals surface area (Å²) < 4.78 is 10.9. The average Bonchev–Trinajstić information content (AvgIpc) is 2.91. The Balaban J connectivity index is 0.000000771. The number of benzene rings is 1. The van der Waals surface area contributed by atoms with Gasteiger partial charge < -0.3 is 9.47 Å². The second kappa shape index (κ2) is 6.89. The maximum atomic E-state index is 10.5. The van der Waals surface area contributed by atoms with E-state index < -0.39 is 10.7 Å². The third-order valence-corrected chi connectivity index (χ3v) is 2.80. The topological polar surface area (TPSA) is 61.6 Å². The molecular formula is C11H13Cl2NO4. The summed E-state index contributed by atoms with van der Waals surface area (Å²) in [7, 11) is 0. The molecule has 0 amide bonds. The SMILES string of the molecule is CCl.O=[N+]([O-])c1ccc(C2(CCl)OCCO2)cc1. The summed E-state index contributed by atoms with van der Waals surface area (Å²) in [6, 6.07) is 6.03. The molecule has 1 aromatic carbocycles. The fourth-order valence-corrected chi connectivity index (χ4v) is 1.92. The van der Waals surface area contributed by atoms with Gasteiger partial charge in [-0.3, -0.25) is 10.1 Å². The van der Waals surface area contributed by atoms with Crippen molar-refractivity contribution in [2.45, 2.75) is 5.79 Å². The largest absolute Gasteiger partial charge is 0.342 e. The Morgan fingerprint density at radius 1 is 1.28 bits per heavy atom. The second-order valence-electron chi connectivity index (χ2n) is 3.39. The lowest BCUT2D eigenvalue weighted by atomic mass is 10.1. The van der Waals surface area contributed by atoms with E-state index in [0.29, 0.717) is 18.8 Å². The zero-order valence-corrected chi connectivity index (χ0v) is 11.3. The van der Waals surface area contributed by atoms with Crippen molar-refractivity contribution >= 4 is 28.9 Å². The summed E-state index contributed by atoms with van der Waals surface area (Å²) in [5.74, 6) is -0.790. The Hall–Kier alpha value is -0.880. The predicted octanol–water partition coefficient (Wildman–Crippen LogP) is 2.89. The smallest absolute Gasteiger partial charge is 0.269 e. The van der Waals surface area contributed by atoms with E-state index in [2.05, 4.69) is 11.6 Å². The van der Waals surface area contributed by atoms with Crippen LogP contribution in [-0.4, -0.2) is 30.4 Å². The van der Waals surface area contributed by atoms with Crippen molar-refractivity contribution < 1.29 is 14.4 Å². The molecule has 1 aromatic rings. The van der Waals surface area contributed by atoms with Gasteiger partial charge in [-0.2, -0.15) is 0 Å². The average molecular weight is 294 g/mol. The van der Waals surface area contributed by atoms with Crippen molar-refractivity contribution in [2.75, 3.05) is 25.5 Å². The predicted molar refractivity (Wildman–Crippen MR) is 69.2 cm³/mol. The van der Waals surface area contributed by atoms with E-state index in [4.69, 9.17) is 21.1 Å². The van der Waals surface area contributed by atoms with E-state index in [1.54, 1.807) is 12.1 Å². The molecule has 0 radical (unpaired) electrons. The molecule has 0 bridgehead atoms. The van der Waals surface area contributed by atoms with Crippen LogP contribution < -0.4 is 0 Å². The van der Waals surface area contributed by atoms with Gasteiger partial charge >= 0.3 is 0 Å². The molecule has 18 heavy (non-hydrogen) atoms. The molecule has 2 rings (SSSR count). The molecule has 1 aliphatic rings. The van der Waals surface area contributed by atoms with E-state index in [1.165, 1.54) is 18.5 Å². The summed E-state index contributed by atoms with van der Waals surface area (Å²) in [4.78, 5) is 10.0. The summed E-state index contributed by atoms with van der Waals surface area (Å²) in [5.41, 5.74) is 0.733. The zero-order chi connectivity index (χ0) is 13.6. The van der Waals surface area contributed by atoms with Crippen LogP contribution in [0.1, 0.15) is 5.56 Å². The number of alkyl halides is 2. The Morgan fingerprint density at radius 2 is 1.78 bits per heavy atom. The van der Waals surface area contributed by atoms with E-state index >= 15 is 0 Å². The van der Waals surface area contributed by atoms with Crippen molar-refractivity contribution in [3.63, 3.8) is 0 Å². The highest BCUT2D eigenvalue weighted by Gasteiger charge is 2.37. The van der Waals surface area contributed by atoms with Crippen LogP contribution in [0.15, 0.2) is 24.3 Å². The Labute approximate surface area is 115 Å². The molecule has 0 aliphatic carbocycles. The van der Waals surface area contributed by atoms with E-state index in [1.807, 2.05) is 0 Å². The molecule has 0 spiro atoms. The molecule has 1 aliphatic heterocycles. The maximum Gasteiger partial charge on any atom is 0.269 e. The first kappa shape index (κ1) is 15.2. The second-order valence-corrected chi connectivity index (χ2v) is 3.65. The Morgan fingerprint density at radius 3 is 2.17 bits per heavy atom. The van der Waals surface area contributed by atoms with Crippen LogP contribution in [0.25, 0.3) is 0 Å². The van der Waals surface area contributed by atoms with Gasteiger partial charge in [0, 0.05) is 24.1 Å². The summed E-state index contributed by atoms with van der Waals surface area (Å²) in [6.07, 6.45) is 1.47. The van der Waals surface area contributed by atoms with Gasteiger partial charge in [0.2, 0.25) is 5.79 Å². The lowest BCUT2D eigenvalue weighted by Crippen LogP contribution is -2.29. The first-order valence-corrected chi connectivity index (χ1v) is 6.43. The summed E-state index contributed by atoms with van der Waals surface area (Å²) >= 11 is 10.5. The molecule has 1 fully saturated rings. The monoisotopic (exact) mass is 293 g/mol. The molecule has 0 saturated carbocycles. The van der Waals surface area contributed by atoms with Crippen LogP contribution in [-0.2, 0) is 15.3 Å². The fourth-order valence-electron chi connectivity index (χ4n) is 1.61. The van der Waals surface area contributed by atoms with Crippen LogP contribution in [0.3, 0.4) is 0 Å².